The SMILES string of the molecule is CNCc1cn(CCN(C)c2ccccc2)nn1. The summed E-state index contributed by atoms with van der Waals surface area (Å²) >= 11 is 0. The maximum atomic E-state index is 4.10. The normalized spacial score (nSPS) is 10.6. The zero-order valence-electron chi connectivity index (χ0n) is 10.9. The summed E-state index contributed by atoms with van der Waals surface area (Å²) in [5.74, 6) is 0. The summed E-state index contributed by atoms with van der Waals surface area (Å²) in [5.41, 5.74) is 2.19. The van der Waals surface area contributed by atoms with Crippen molar-refractivity contribution in [3.63, 3.8) is 0 Å². The second-order valence-electron chi connectivity index (χ2n) is 4.26. The van der Waals surface area contributed by atoms with E-state index in [1.165, 1.54) is 5.69 Å². The van der Waals surface area contributed by atoms with E-state index >= 15 is 0 Å². The lowest BCUT2D eigenvalue weighted by molar-refractivity contribution is 0.587. The summed E-state index contributed by atoms with van der Waals surface area (Å²) in [4.78, 5) is 2.21. The highest BCUT2D eigenvalue weighted by atomic mass is 15.4. The number of hydrogen-bond acceptors (Lipinski definition) is 4. The molecule has 0 spiro atoms. The highest BCUT2D eigenvalue weighted by molar-refractivity contribution is 5.44. The Balaban J connectivity index is 1.87. The molecule has 0 saturated heterocycles. The van der Waals surface area contributed by atoms with Gasteiger partial charge in [0.2, 0.25) is 0 Å². The van der Waals surface area contributed by atoms with Crippen LogP contribution < -0.4 is 10.2 Å². The Hall–Kier alpha value is -1.88. The number of anilines is 1. The minimum Gasteiger partial charge on any atom is -0.373 e. The van der Waals surface area contributed by atoms with Crippen molar-refractivity contribution < 1.29 is 0 Å². The van der Waals surface area contributed by atoms with Crippen LogP contribution in [0.5, 0.6) is 0 Å². The van der Waals surface area contributed by atoms with E-state index in [0.717, 1.165) is 25.3 Å². The summed E-state index contributed by atoms with van der Waals surface area (Å²) in [7, 11) is 3.99. The largest absolute Gasteiger partial charge is 0.373 e. The third-order valence-electron chi connectivity index (χ3n) is 2.81. The monoisotopic (exact) mass is 245 g/mol. The molecule has 1 heterocycles. The first-order valence-corrected chi connectivity index (χ1v) is 6.09. The van der Waals surface area contributed by atoms with Crippen LogP contribution in [-0.2, 0) is 13.1 Å². The van der Waals surface area contributed by atoms with Gasteiger partial charge in [-0.25, -0.2) is 0 Å². The van der Waals surface area contributed by atoms with Crippen molar-refractivity contribution in [3.05, 3.63) is 42.2 Å². The van der Waals surface area contributed by atoms with Crippen LogP contribution in [0, 0.1) is 0 Å². The Morgan fingerprint density at radius 1 is 1.28 bits per heavy atom. The molecule has 1 N–H and O–H groups in total. The molecule has 2 aromatic rings. The smallest absolute Gasteiger partial charge is 0.0964 e. The summed E-state index contributed by atoms with van der Waals surface area (Å²) in [6.45, 7) is 2.50. The molecular weight excluding hydrogens is 226 g/mol. The fourth-order valence-electron chi connectivity index (χ4n) is 1.77. The average molecular weight is 245 g/mol. The fourth-order valence-corrected chi connectivity index (χ4v) is 1.77. The van der Waals surface area contributed by atoms with Crippen molar-refractivity contribution in [1.29, 1.82) is 0 Å². The summed E-state index contributed by atoms with van der Waals surface area (Å²) < 4.78 is 1.88. The first kappa shape index (κ1) is 12.6. The lowest BCUT2D eigenvalue weighted by Gasteiger charge is -2.18. The molecule has 0 aliphatic rings. The molecule has 0 bridgehead atoms. The van der Waals surface area contributed by atoms with Crippen LogP contribution in [0.4, 0.5) is 5.69 Å². The lowest BCUT2D eigenvalue weighted by Crippen LogP contribution is -2.22. The zero-order chi connectivity index (χ0) is 12.8. The molecule has 5 nitrogen and oxygen atoms in total. The van der Waals surface area contributed by atoms with Crippen LogP contribution >= 0.6 is 0 Å². The Labute approximate surface area is 107 Å². The Morgan fingerprint density at radius 3 is 2.78 bits per heavy atom. The van der Waals surface area contributed by atoms with Gasteiger partial charge in [0.1, 0.15) is 0 Å². The van der Waals surface area contributed by atoms with Crippen LogP contribution in [0.3, 0.4) is 0 Å². The summed E-state index contributed by atoms with van der Waals surface area (Å²) in [6.07, 6.45) is 1.98. The van der Waals surface area contributed by atoms with Crippen molar-refractivity contribution in [2.75, 3.05) is 25.5 Å². The number of likely N-dealkylation sites (N-methyl/N-ethyl adjacent to an activating group) is 1. The van der Waals surface area contributed by atoms with Gasteiger partial charge in [-0.05, 0) is 19.2 Å². The van der Waals surface area contributed by atoms with Crippen molar-refractivity contribution in [2.45, 2.75) is 13.1 Å². The molecular formula is C13H19N5. The summed E-state index contributed by atoms with van der Waals surface area (Å²) in [6, 6.07) is 10.3. The van der Waals surface area contributed by atoms with E-state index in [1.54, 1.807) is 0 Å². The van der Waals surface area contributed by atoms with E-state index < -0.39 is 0 Å². The fraction of sp³-hybridized carbons (Fsp3) is 0.385. The Morgan fingerprint density at radius 2 is 2.06 bits per heavy atom. The highest BCUT2D eigenvalue weighted by Gasteiger charge is 2.02. The first-order valence-electron chi connectivity index (χ1n) is 6.09. The number of rotatable bonds is 6. The Bertz CT molecular complexity index is 465. The minimum absolute atomic E-state index is 0.758. The predicted octanol–water partition coefficient (Wildman–Crippen LogP) is 1.13. The van der Waals surface area contributed by atoms with E-state index in [2.05, 4.69) is 39.7 Å². The average Bonchev–Trinajstić information content (AvgIpc) is 2.85. The number of aromatic nitrogens is 3. The maximum absolute atomic E-state index is 4.10. The maximum Gasteiger partial charge on any atom is 0.0964 e. The number of hydrogen-bond donors (Lipinski definition) is 1. The minimum atomic E-state index is 0.758. The van der Waals surface area contributed by atoms with Crippen LogP contribution in [-0.4, -0.2) is 35.6 Å². The van der Waals surface area contributed by atoms with Crippen LogP contribution in [0.2, 0.25) is 0 Å². The van der Waals surface area contributed by atoms with Crippen LogP contribution in [0.15, 0.2) is 36.5 Å². The van der Waals surface area contributed by atoms with Gasteiger partial charge in [0, 0.05) is 32.0 Å². The number of para-hydroxylation sites is 1. The molecule has 18 heavy (non-hydrogen) atoms. The molecule has 2 rings (SSSR count). The van der Waals surface area contributed by atoms with E-state index in [0.29, 0.717) is 0 Å². The third kappa shape index (κ3) is 3.30. The molecule has 96 valence electrons. The quantitative estimate of drug-likeness (QED) is 0.829. The van der Waals surface area contributed by atoms with E-state index in [1.807, 2.05) is 36.1 Å². The van der Waals surface area contributed by atoms with Gasteiger partial charge in [-0.1, -0.05) is 23.4 Å². The van der Waals surface area contributed by atoms with Crippen molar-refractivity contribution in [2.24, 2.45) is 0 Å². The first-order chi connectivity index (χ1) is 8.79. The van der Waals surface area contributed by atoms with Crippen molar-refractivity contribution in [1.82, 2.24) is 20.3 Å². The molecule has 1 aromatic heterocycles. The zero-order valence-corrected chi connectivity index (χ0v) is 10.9. The van der Waals surface area contributed by atoms with Gasteiger partial charge in [-0.2, -0.15) is 0 Å². The topological polar surface area (TPSA) is 46.0 Å². The number of benzene rings is 1. The van der Waals surface area contributed by atoms with Gasteiger partial charge in [0.15, 0.2) is 0 Å². The van der Waals surface area contributed by atoms with Gasteiger partial charge >= 0.3 is 0 Å². The van der Waals surface area contributed by atoms with E-state index in [9.17, 15) is 0 Å². The number of nitrogens with one attached hydrogen (secondary N) is 1. The molecule has 1 aromatic carbocycles. The molecule has 0 atom stereocenters. The lowest BCUT2D eigenvalue weighted by atomic mass is 10.3. The van der Waals surface area contributed by atoms with E-state index in [-0.39, 0.29) is 0 Å². The van der Waals surface area contributed by atoms with Gasteiger partial charge in [-0.15, -0.1) is 5.10 Å². The van der Waals surface area contributed by atoms with Gasteiger partial charge in [0.05, 0.1) is 12.2 Å². The molecule has 0 aliphatic carbocycles. The molecule has 0 aliphatic heterocycles. The second-order valence-corrected chi connectivity index (χ2v) is 4.26. The van der Waals surface area contributed by atoms with Gasteiger partial charge < -0.3 is 10.2 Å². The third-order valence-corrected chi connectivity index (χ3v) is 2.81. The molecule has 0 saturated carbocycles. The van der Waals surface area contributed by atoms with E-state index in [4.69, 9.17) is 0 Å². The van der Waals surface area contributed by atoms with Gasteiger partial charge in [-0.3, -0.25) is 4.68 Å². The number of nitrogens with zero attached hydrogens (tertiary/aromatic N) is 4. The second kappa shape index (κ2) is 6.16. The molecule has 0 amide bonds. The predicted molar refractivity (Wildman–Crippen MR) is 72.5 cm³/mol. The summed E-state index contributed by atoms with van der Waals surface area (Å²) in [5, 5.41) is 11.3. The highest BCUT2D eigenvalue weighted by Crippen LogP contribution is 2.10. The van der Waals surface area contributed by atoms with Crippen LogP contribution in [0.25, 0.3) is 0 Å². The molecule has 0 fully saturated rings. The molecule has 5 heteroatoms. The standard InChI is InChI=1S/C13H19N5/c1-14-10-12-11-18(16-15-12)9-8-17(2)13-6-4-3-5-7-13/h3-7,11,14H,8-10H2,1-2H3. The van der Waals surface area contributed by atoms with Crippen molar-refractivity contribution in [3.8, 4) is 0 Å². The molecule has 0 radical (unpaired) electrons. The molecule has 0 unspecified atom stereocenters. The van der Waals surface area contributed by atoms with Crippen LogP contribution in [0.1, 0.15) is 5.69 Å². The Kier molecular flexibility index (Phi) is 4.30. The van der Waals surface area contributed by atoms with Gasteiger partial charge in [0.25, 0.3) is 0 Å². The van der Waals surface area contributed by atoms with Crippen molar-refractivity contribution >= 4 is 5.69 Å².